The van der Waals surface area contributed by atoms with E-state index in [1.807, 2.05) is 23.5 Å². The van der Waals surface area contributed by atoms with Crippen molar-refractivity contribution >= 4 is 28.2 Å². The molecule has 0 radical (unpaired) electrons. The number of benzene rings is 1. The highest BCUT2D eigenvalue weighted by molar-refractivity contribution is 7.10. The van der Waals surface area contributed by atoms with Crippen molar-refractivity contribution in [2.24, 2.45) is 0 Å². The molecular formula is C20H20N2O3S. The summed E-state index contributed by atoms with van der Waals surface area (Å²) in [7, 11) is 0. The predicted molar refractivity (Wildman–Crippen MR) is 103 cm³/mol. The second kappa shape index (κ2) is 7.05. The van der Waals surface area contributed by atoms with Gasteiger partial charge in [-0.25, -0.2) is 4.79 Å². The Bertz CT molecular complexity index is 1010. The van der Waals surface area contributed by atoms with Gasteiger partial charge in [0.25, 0.3) is 5.91 Å². The topological polar surface area (TPSA) is 62.6 Å². The normalized spacial score (nSPS) is 15.6. The Morgan fingerprint density at radius 1 is 1.35 bits per heavy atom. The lowest BCUT2D eigenvalue weighted by atomic mass is 10.1. The summed E-state index contributed by atoms with van der Waals surface area (Å²) in [5.74, 6) is -0.385. The first-order chi connectivity index (χ1) is 12.6. The zero-order valence-electron chi connectivity index (χ0n) is 14.5. The molecule has 0 saturated heterocycles. The molecule has 134 valence electrons. The Morgan fingerprint density at radius 3 is 3.08 bits per heavy atom. The predicted octanol–water partition coefficient (Wildman–Crippen LogP) is 3.03. The summed E-state index contributed by atoms with van der Waals surface area (Å²) >= 11 is 1.82. The van der Waals surface area contributed by atoms with E-state index in [0.29, 0.717) is 12.1 Å². The van der Waals surface area contributed by atoms with E-state index in [0.717, 1.165) is 24.9 Å². The lowest BCUT2D eigenvalue weighted by Gasteiger charge is -2.32. The number of para-hydroxylation sites is 1. The van der Waals surface area contributed by atoms with Crippen LogP contribution in [-0.2, 0) is 13.0 Å². The van der Waals surface area contributed by atoms with Gasteiger partial charge in [0.1, 0.15) is 11.1 Å². The molecule has 6 heteroatoms. The van der Waals surface area contributed by atoms with E-state index in [2.05, 4.69) is 28.6 Å². The quantitative estimate of drug-likeness (QED) is 0.719. The monoisotopic (exact) mass is 368 g/mol. The Labute approximate surface area is 155 Å². The summed E-state index contributed by atoms with van der Waals surface area (Å²) in [5.41, 5.74) is 1.32. The number of fused-ring (bicyclic) bond motifs is 2. The van der Waals surface area contributed by atoms with Crippen molar-refractivity contribution in [2.75, 3.05) is 13.1 Å². The van der Waals surface area contributed by atoms with Crippen LogP contribution in [-0.4, -0.2) is 29.9 Å². The van der Waals surface area contributed by atoms with E-state index in [4.69, 9.17) is 4.42 Å². The average molecular weight is 368 g/mol. The number of carbonyl (C=O) groups excluding carboxylic acids is 1. The van der Waals surface area contributed by atoms with E-state index < -0.39 is 5.63 Å². The van der Waals surface area contributed by atoms with Crippen LogP contribution in [0.5, 0.6) is 0 Å². The van der Waals surface area contributed by atoms with Gasteiger partial charge < -0.3 is 9.73 Å². The van der Waals surface area contributed by atoms with Gasteiger partial charge in [-0.05, 0) is 42.5 Å². The first-order valence-corrected chi connectivity index (χ1v) is 9.60. The Balaban J connectivity index is 1.42. The molecule has 1 atom stereocenters. The molecule has 1 aromatic carbocycles. The molecule has 5 nitrogen and oxygen atoms in total. The second-order valence-corrected chi connectivity index (χ2v) is 7.63. The Morgan fingerprint density at radius 2 is 2.19 bits per heavy atom. The van der Waals surface area contributed by atoms with Crippen molar-refractivity contribution in [1.82, 2.24) is 10.2 Å². The number of carbonyl (C=O) groups is 1. The smallest absolute Gasteiger partial charge is 0.349 e. The molecule has 1 aliphatic rings. The van der Waals surface area contributed by atoms with Crippen molar-refractivity contribution in [1.29, 1.82) is 0 Å². The molecule has 0 spiro atoms. The summed E-state index contributed by atoms with van der Waals surface area (Å²) in [6.07, 6.45) is 1.06. The van der Waals surface area contributed by atoms with Gasteiger partial charge in [-0.15, -0.1) is 11.3 Å². The van der Waals surface area contributed by atoms with Crippen LogP contribution in [0, 0.1) is 0 Å². The Kier molecular flexibility index (Phi) is 4.61. The van der Waals surface area contributed by atoms with Gasteiger partial charge in [0.2, 0.25) is 0 Å². The van der Waals surface area contributed by atoms with Crippen LogP contribution in [0.2, 0.25) is 0 Å². The summed E-state index contributed by atoms with van der Waals surface area (Å²) in [5, 5.41) is 5.76. The molecule has 1 unspecified atom stereocenters. The third-order valence-corrected chi connectivity index (χ3v) is 5.93. The summed E-state index contributed by atoms with van der Waals surface area (Å²) < 4.78 is 5.24. The lowest BCUT2D eigenvalue weighted by molar-refractivity contribution is 0.0929. The van der Waals surface area contributed by atoms with Crippen LogP contribution >= 0.6 is 11.3 Å². The third kappa shape index (κ3) is 3.30. The molecule has 0 bridgehead atoms. The van der Waals surface area contributed by atoms with Gasteiger partial charge in [-0.3, -0.25) is 9.69 Å². The van der Waals surface area contributed by atoms with Gasteiger partial charge in [-0.2, -0.15) is 0 Å². The Hall–Kier alpha value is -2.44. The van der Waals surface area contributed by atoms with Gasteiger partial charge in [-0.1, -0.05) is 18.2 Å². The molecule has 3 heterocycles. The minimum absolute atomic E-state index is 0.0506. The van der Waals surface area contributed by atoms with Gasteiger partial charge in [0.05, 0.1) is 0 Å². The first kappa shape index (κ1) is 17.0. The van der Waals surface area contributed by atoms with E-state index in [1.54, 1.807) is 18.2 Å². The molecule has 4 rings (SSSR count). The van der Waals surface area contributed by atoms with Crippen LogP contribution in [0.3, 0.4) is 0 Å². The zero-order valence-corrected chi connectivity index (χ0v) is 15.3. The number of amides is 1. The molecule has 1 N–H and O–H groups in total. The lowest BCUT2D eigenvalue weighted by Crippen LogP contribution is -2.44. The molecule has 1 aliphatic heterocycles. The summed E-state index contributed by atoms with van der Waals surface area (Å²) in [6.45, 7) is 4.49. The third-order valence-electron chi connectivity index (χ3n) is 4.90. The van der Waals surface area contributed by atoms with E-state index >= 15 is 0 Å². The maximum atomic E-state index is 12.5. The standard InChI is InChI=1S/C20H20N2O3S/c1-13(22-8-6-18-15(12-22)7-9-26-18)11-21-19(23)16-10-14-4-2-3-5-17(14)25-20(16)24/h2-5,7,9-10,13H,6,8,11-12H2,1H3,(H,21,23). The first-order valence-electron chi connectivity index (χ1n) is 8.72. The number of hydrogen-bond acceptors (Lipinski definition) is 5. The van der Waals surface area contributed by atoms with Crippen LogP contribution < -0.4 is 10.9 Å². The van der Waals surface area contributed by atoms with E-state index in [9.17, 15) is 9.59 Å². The highest BCUT2D eigenvalue weighted by Gasteiger charge is 2.22. The molecule has 0 aliphatic carbocycles. The van der Waals surface area contributed by atoms with Crippen molar-refractivity contribution in [3.63, 3.8) is 0 Å². The van der Waals surface area contributed by atoms with Crippen LogP contribution in [0.1, 0.15) is 27.7 Å². The summed E-state index contributed by atoms with van der Waals surface area (Å²) in [6, 6.07) is 11.2. The van der Waals surface area contributed by atoms with Gasteiger partial charge in [0, 0.05) is 35.9 Å². The van der Waals surface area contributed by atoms with Crippen LogP contribution in [0.25, 0.3) is 11.0 Å². The second-order valence-electron chi connectivity index (χ2n) is 6.63. The minimum Gasteiger partial charge on any atom is -0.422 e. The maximum Gasteiger partial charge on any atom is 0.349 e. The van der Waals surface area contributed by atoms with E-state index in [1.165, 1.54) is 10.4 Å². The van der Waals surface area contributed by atoms with Crippen molar-refractivity contribution in [3.8, 4) is 0 Å². The van der Waals surface area contributed by atoms with Crippen LogP contribution in [0.4, 0.5) is 0 Å². The fraction of sp³-hybridized carbons (Fsp3) is 0.300. The van der Waals surface area contributed by atoms with Crippen LogP contribution in [0.15, 0.2) is 51.0 Å². The minimum atomic E-state index is -0.602. The summed E-state index contributed by atoms with van der Waals surface area (Å²) in [4.78, 5) is 28.4. The molecule has 26 heavy (non-hydrogen) atoms. The number of nitrogens with zero attached hydrogens (tertiary/aromatic N) is 1. The number of rotatable bonds is 4. The fourth-order valence-corrected chi connectivity index (χ4v) is 4.22. The highest BCUT2D eigenvalue weighted by atomic mass is 32.1. The number of thiophene rings is 1. The molecule has 2 aromatic heterocycles. The fourth-order valence-electron chi connectivity index (χ4n) is 3.33. The van der Waals surface area contributed by atoms with Crippen molar-refractivity contribution in [2.45, 2.75) is 25.9 Å². The zero-order chi connectivity index (χ0) is 18.1. The highest BCUT2D eigenvalue weighted by Crippen LogP contribution is 2.25. The maximum absolute atomic E-state index is 12.5. The number of nitrogens with one attached hydrogen (secondary N) is 1. The molecule has 3 aromatic rings. The molecule has 0 saturated carbocycles. The van der Waals surface area contributed by atoms with E-state index in [-0.39, 0.29) is 17.5 Å². The number of hydrogen-bond donors (Lipinski definition) is 1. The molecule has 1 amide bonds. The SMILES string of the molecule is CC(CNC(=O)c1cc2ccccc2oc1=O)N1CCc2sccc2C1. The largest absolute Gasteiger partial charge is 0.422 e. The van der Waals surface area contributed by atoms with Gasteiger partial charge >= 0.3 is 5.63 Å². The van der Waals surface area contributed by atoms with Gasteiger partial charge in [0.15, 0.2) is 0 Å². The molecule has 0 fully saturated rings. The van der Waals surface area contributed by atoms with Crippen molar-refractivity contribution in [3.05, 3.63) is 68.2 Å². The molecular weight excluding hydrogens is 348 g/mol. The average Bonchev–Trinajstić information content (AvgIpc) is 3.13. The van der Waals surface area contributed by atoms with Crippen molar-refractivity contribution < 1.29 is 9.21 Å².